The molecule has 0 aromatic carbocycles. The molecule has 5 heteroatoms. The number of nitrogens with zero attached hydrogens (tertiary/aromatic N) is 2. The van der Waals surface area contributed by atoms with E-state index < -0.39 is 5.97 Å². The topological polar surface area (TPSA) is 69.2 Å². The molecule has 1 heterocycles. The van der Waals surface area contributed by atoms with Crippen molar-refractivity contribution in [1.29, 1.82) is 0 Å². The maximum Gasteiger partial charge on any atom is 0.317 e. The highest BCUT2D eigenvalue weighted by atomic mass is 16.4. The summed E-state index contributed by atoms with van der Waals surface area (Å²) in [4.78, 5) is 19.1. The fourth-order valence-corrected chi connectivity index (χ4v) is 1.09. The molecule has 0 unspecified atom stereocenters. The van der Waals surface area contributed by atoms with E-state index in [9.17, 15) is 4.79 Å². The van der Waals surface area contributed by atoms with Gasteiger partial charge in [-0.05, 0) is 14.0 Å². The first-order valence-corrected chi connectivity index (χ1v) is 3.98. The molecular formula is C8H13N3O2. The van der Waals surface area contributed by atoms with E-state index in [1.165, 1.54) is 0 Å². The molecule has 0 aliphatic rings. The van der Waals surface area contributed by atoms with E-state index in [1.807, 2.05) is 6.92 Å². The average Bonchev–Trinajstić information content (AvgIpc) is 2.33. The average molecular weight is 183 g/mol. The van der Waals surface area contributed by atoms with Gasteiger partial charge >= 0.3 is 5.97 Å². The van der Waals surface area contributed by atoms with Crippen LogP contribution in [0.1, 0.15) is 11.5 Å². The van der Waals surface area contributed by atoms with E-state index >= 15 is 0 Å². The number of rotatable bonds is 4. The fraction of sp³-hybridized carbons (Fsp3) is 0.500. The van der Waals surface area contributed by atoms with Gasteiger partial charge in [-0.2, -0.15) is 0 Å². The van der Waals surface area contributed by atoms with Gasteiger partial charge in [-0.3, -0.25) is 9.69 Å². The van der Waals surface area contributed by atoms with Crippen LogP contribution in [0.3, 0.4) is 0 Å². The van der Waals surface area contributed by atoms with Gasteiger partial charge in [-0.25, -0.2) is 4.98 Å². The molecule has 0 atom stereocenters. The summed E-state index contributed by atoms with van der Waals surface area (Å²) in [6.07, 6.45) is 1.73. The molecule has 0 saturated carbocycles. The van der Waals surface area contributed by atoms with Gasteiger partial charge in [0, 0.05) is 11.9 Å². The molecule has 2 N–H and O–H groups in total. The number of aliphatic carboxylic acids is 1. The number of carbonyl (C=O) groups is 1. The summed E-state index contributed by atoms with van der Waals surface area (Å²) in [6.45, 7) is 2.47. The minimum atomic E-state index is -0.828. The summed E-state index contributed by atoms with van der Waals surface area (Å²) in [5, 5.41) is 8.49. The third-order valence-corrected chi connectivity index (χ3v) is 1.58. The molecule has 1 rings (SSSR count). The van der Waals surface area contributed by atoms with Crippen LogP contribution in [0.25, 0.3) is 0 Å². The largest absolute Gasteiger partial charge is 0.480 e. The third kappa shape index (κ3) is 3.25. The minimum Gasteiger partial charge on any atom is -0.480 e. The van der Waals surface area contributed by atoms with Crippen molar-refractivity contribution in [3.05, 3.63) is 17.7 Å². The van der Waals surface area contributed by atoms with Gasteiger partial charge < -0.3 is 10.1 Å². The highest BCUT2D eigenvalue weighted by Crippen LogP contribution is 1.98. The Kier molecular flexibility index (Phi) is 3.02. The maximum absolute atomic E-state index is 10.3. The second-order valence-electron chi connectivity index (χ2n) is 3.08. The summed E-state index contributed by atoms with van der Waals surface area (Å²) >= 11 is 0. The van der Waals surface area contributed by atoms with Crippen molar-refractivity contribution in [2.24, 2.45) is 0 Å². The van der Waals surface area contributed by atoms with Crippen LogP contribution in [-0.2, 0) is 11.3 Å². The molecule has 0 fully saturated rings. The molecule has 5 nitrogen and oxygen atoms in total. The number of hydrogen-bond donors (Lipinski definition) is 2. The molecular weight excluding hydrogens is 170 g/mol. The zero-order valence-corrected chi connectivity index (χ0v) is 7.74. The number of carboxylic acids is 1. The van der Waals surface area contributed by atoms with Gasteiger partial charge in [0.1, 0.15) is 5.82 Å². The number of aromatic amines is 1. The van der Waals surface area contributed by atoms with Crippen molar-refractivity contribution < 1.29 is 9.90 Å². The van der Waals surface area contributed by atoms with E-state index in [1.54, 1.807) is 18.1 Å². The van der Waals surface area contributed by atoms with Crippen LogP contribution in [0.2, 0.25) is 0 Å². The van der Waals surface area contributed by atoms with E-state index in [2.05, 4.69) is 9.97 Å². The molecule has 0 aliphatic carbocycles. The second kappa shape index (κ2) is 4.04. The zero-order chi connectivity index (χ0) is 9.84. The van der Waals surface area contributed by atoms with Gasteiger partial charge in [0.25, 0.3) is 0 Å². The van der Waals surface area contributed by atoms with Crippen LogP contribution in [0.15, 0.2) is 6.20 Å². The van der Waals surface area contributed by atoms with E-state index in [0.717, 1.165) is 11.5 Å². The lowest BCUT2D eigenvalue weighted by Crippen LogP contribution is -2.25. The van der Waals surface area contributed by atoms with Gasteiger partial charge in [0.2, 0.25) is 0 Å². The van der Waals surface area contributed by atoms with Crippen molar-refractivity contribution >= 4 is 5.97 Å². The van der Waals surface area contributed by atoms with Crippen LogP contribution < -0.4 is 0 Å². The summed E-state index contributed by atoms with van der Waals surface area (Å²) in [6, 6.07) is 0. The van der Waals surface area contributed by atoms with Crippen LogP contribution in [0.5, 0.6) is 0 Å². The quantitative estimate of drug-likeness (QED) is 0.701. The Morgan fingerprint density at radius 3 is 2.92 bits per heavy atom. The van der Waals surface area contributed by atoms with E-state index in [0.29, 0.717) is 6.54 Å². The molecule has 0 amide bonds. The first kappa shape index (κ1) is 9.73. The maximum atomic E-state index is 10.3. The molecule has 13 heavy (non-hydrogen) atoms. The number of aromatic nitrogens is 2. The van der Waals surface area contributed by atoms with E-state index in [-0.39, 0.29) is 6.54 Å². The summed E-state index contributed by atoms with van der Waals surface area (Å²) in [7, 11) is 1.74. The number of likely N-dealkylation sites (N-methyl/N-ethyl adjacent to an activating group) is 1. The predicted molar refractivity (Wildman–Crippen MR) is 47.3 cm³/mol. The first-order valence-electron chi connectivity index (χ1n) is 3.98. The molecule has 0 saturated heterocycles. The van der Waals surface area contributed by atoms with E-state index in [4.69, 9.17) is 5.11 Å². The van der Waals surface area contributed by atoms with Gasteiger partial charge in [-0.15, -0.1) is 0 Å². The smallest absolute Gasteiger partial charge is 0.317 e. The molecule has 0 aliphatic heterocycles. The van der Waals surface area contributed by atoms with Crippen molar-refractivity contribution in [3.63, 3.8) is 0 Å². The minimum absolute atomic E-state index is 0.0275. The monoisotopic (exact) mass is 183 g/mol. The highest BCUT2D eigenvalue weighted by molar-refractivity contribution is 5.68. The van der Waals surface area contributed by atoms with Crippen molar-refractivity contribution in [2.45, 2.75) is 13.5 Å². The number of hydrogen-bond acceptors (Lipinski definition) is 3. The van der Waals surface area contributed by atoms with Gasteiger partial charge in [-0.1, -0.05) is 0 Å². The molecule has 1 aromatic rings. The Morgan fingerprint density at radius 1 is 1.77 bits per heavy atom. The van der Waals surface area contributed by atoms with Crippen molar-refractivity contribution in [1.82, 2.24) is 14.9 Å². The lowest BCUT2D eigenvalue weighted by atomic mass is 10.5. The van der Waals surface area contributed by atoms with Crippen LogP contribution in [-0.4, -0.2) is 39.5 Å². The van der Waals surface area contributed by atoms with Crippen LogP contribution >= 0.6 is 0 Å². The van der Waals surface area contributed by atoms with Crippen molar-refractivity contribution in [3.8, 4) is 0 Å². The second-order valence-corrected chi connectivity index (χ2v) is 3.08. The van der Waals surface area contributed by atoms with Gasteiger partial charge in [0.05, 0.1) is 13.1 Å². The Morgan fingerprint density at radius 2 is 2.46 bits per heavy atom. The van der Waals surface area contributed by atoms with Crippen LogP contribution in [0, 0.1) is 6.92 Å². The SMILES string of the molecule is Cc1cnc(CN(C)CC(=O)O)[nH]1. The number of aryl methyl sites for hydroxylation is 1. The number of nitrogens with one attached hydrogen (secondary N) is 1. The Balaban J connectivity index is 2.44. The lowest BCUT2D eigenvalue weighted by Gasteiger charge is -2.11. The lowest BCUT2D eigenvalue weighted by molar-refractivity contribution is -0.138. The molecule has 72 valence electrons. The standard InChI is InChI=1S/C8H13N3O2/c1-6-3-9-7(10-6)4-11(2)5-8(12)13/h3H,4-5H2,1-2H3,(H,9,10)(H,12,13). The normalized spacial score (nSPS) is 10.7. The number of imidazole rings is 1. The summed E-state index contributed by atoms with van der Waals surface area (Å²) in [5.74, 6) is -0.0352. The Labute approximate surface area is 76.4 Å². The molecule has 1 aromatic heterocycles. The molecule has 0 radical (unpaired) electrons. The zero-order valence-electron chi connectivity index (χ0n) is 7.74. The number of carboxylic acid groups (broad SMARTS) is 1. The summed E-state index contributed by atoms with van der Waals surface area (Å²) < 4.78 is 0. The fourth-order valence-electron chi connectivity index (χ4n) is 1.09. The Hall–Kier alpha value is -1.36. The van der Waals surface area contributed by atoms with Gasteiger partial charge in [0.15, 0.2) is 0 Å². The predicted octanol–water partition coefficient (Wildman–Crippen LogP) is 0.235. The Bertz CT molecular complexity index is 295. The highest BCUT2D eigenvalue weighted by Gasteiger charge is 2.06. The number of H-pyrrole nitrogens is 1. The third-order valence-electron chi connectivity index (χ3n) is 1.58. The first-order chi connectivity index (χ1) is 6.08. The summed E-state index contributed by atoms with van der Waals surface area (Å²) in [5.41, 5.74) is 0.985. The molecule has 0 bridgehead atoms. The van der Waals surface area contributed by atoms with Crippen LogP contribution in [0.4, 0.5) is 0 Å². The molecule has 0 spiro atoms. The van der Waals surface area contributed by atoms with Crippen molar-refractivity contribution in [2.75, 3.05) is 13.6 Å².